The second kappa shape index (κ2) is 5.72. The molecule has 0 saturated carbocycles. The van der Waals surface area contributed by atoms with E-state index in [0.717, 1.165) is 24.2 Å². The summed E-state index contributed by atoms with van der Waals surface area (Å²) in [6.07, 6.45) is 0.799. The van der Waals surface area contributed by atoms with Crippen molar-refractivity contribution in [3.05, 3.63) is 38.5 Å². The Morgan fingerprint density at radius 2 is 2.15 bits per heavy atom. The van der Waals surface area contributed by atoms with Crippen molar-refractivity contribution in [2.24, 2.45) is 0 Å². The number of aliphatic hydroxyl groups is 1. The third kappa shape index (κ3) is 2.59. The predicted molar refractivity (Wildman–Crippen MR) is 77.5 cm³/mol. The Hall–Kier alpha value is -1.73. The highest BCUT2D eigenvalue weighted by Crippen LogP contribution is 2.36. The number of nitro groups is 1. The highest BCUT2D eigenvalue weighted by Gasteiger charge is 2.24. The summed E-state index contributed by atoms with van der Waals surface area (Å²) >= 11 is 1.21. The van der Waals surface area contributed by atoms with Crippen molar-refractivity contribution in [1.29, 1.82) is 0 Å². The van der Waals surface area contributed by atoms with Crippen LogP contribution >= 0.6 is 11.3 Å². The highest BCUT2D eigenvalue weighted by molar-refractivity contribution is 7.15. The van der Waals surface area contributed by atoms with Crippen LogP contribution < -0.4 is 0 Å². The van der Waals surface area contributed by atoms with Gasteiger partial charge in [0.25, 0.3) is 0 Å². The fourth-order valence-corrected chi connectivity index (χ4v) is 3.00. The Kier molecular flexibility index (Phi) is 4.20. The second-order valence-electron chi connectivity index (χ2n) is 4.52. The monoisotopic (exact) mass is 295 g/mol. The van der Waals surface area contributed by atoms with E-state index in [9.17, 15) is 15.2 Å². The van der Waals surface area contributed by atoms with Gasteiger partial charge < -0.3 is 5.11 Å². The third-order valence-corrected chi connectivity index (χ3v) is 4.34. The van der Waals surface area contributed by atoms with E-state index >= 15 is 0 Å². The molecule has 6 nitrogen and oxygen atoms in total. The molecule has 1 atom stereocenters. The van der Waals surface area contributed by atoms with Gasteiger partial charge in [-0.2, -0.15) is 5.10 Å². The Labute approximate surface area is 120 Å². The van der Waals surface area contributed by atoms with Gasteiger partial charge in [-0.25, -0.2) is 4.68 Å². The van der Waals surface area contributed by atoms with Crippen LogP contribution in [-0.4, -0.2) is 19.8 Å². The molecule has 2 heterocycles. The van der Waals surface area contributed by atoms with Crippen molar-refractivity contribution in [3.63, 3.8) is 0 Å². The van der Waals surface area contributed by atoms with Crippen LogP contribution in [0.15, 0.2) is 12.1 Å². The molecule has 0 unspecified atom stereocenters. The van der Waals surface area contributed by atoms with E-state index < -0.39 is 11.0 Å². The van der Waals surface area contributed by atoms with E-state index in [1.165, 1.54) is 17.4 Å². The lowest BCUT2D eigenvalue weighted by Gasteiger charge is -2.02. The van der Waals surface area contributed by atoms with Gasteiger partial charge in [0.15, 0.2) is 5.00 Å². The van der Waals surface area contributed by atoms with E-state index in [0.29, 0.717) is 9.88 Å². The Morgan fingerprint density at radius 1 is 1.45 bits per heavy atom. The zero-order valence-corrected chi connectivity index (χ0v) is 12.5. The van der Waals surface area contributed by atoms with Crippen LogP contribution in [-0.2, 0) is 12.8 Å². The molecule has 7 heteroatoms. The lowest BCUT2D eigenvalue weighted by molar-refractivity contribution is -0.384. The van der Waals surface area contributed by atoms with Crippen LogP contribution in [0.4, 0.5) is 5.69 Å². The van der Waals surface area contributed by atoms with Crippen molar-refractivity contribution in [2.45, 2.75) is 39.7 Å². The summed E-state index contributed by atoms with van der Waals surface area (Å²) in [6, 6.07) is 3.39. The minimum absolute atomic E-state index is 0.00801. The van der Waals surface area contributed by atoms with Gasteiger partial charge in [0.1, 0.15) is 0 Å². The first-order valence-electron chi connectivity index (χ1n) is 6.52. The van der Waals surface area contributed by atoms with Crippen LogP contribution in [0.1, 0.15) is 43.1 Å². The summed E-state index contributed by atoms with van der Waals surface area (Å²) in [5.74, 6) is 0. The normalized spacial score (nSPS) is 12.6. The number of hydrogen-bond donors (Lipinski definition) is 1. The van der Waals surface area contributed by atoms with Crippen molar-refractivity contribution >= 4 is 17.0 Å². The minimum Gasteiger partial charge on any atom is -0.388 e. The maximum absolute atomic E-state index is 11.2. The van der Waals surface area contributed by atoms with Crippen molar-refractivity contribution in [1.82, 2.24) is 9.78 Å². The average Bonchev–Trinajstić information content (AvgIpc) is 3.01. The number of rotatable bonds is 5. The van der Waals surface area contributed by atoms with Gasteiger partial charge in [0.05, 0.1) is 16.7 Å². The van der Waals surface area contributed by atoms with Crippen LogP contribution in [0.3, 0.4) is 0 Å². The molecule has 20 heavy (non-hydrogen) atoms. The molecule has 108 valence electrons. The molecule has 0 aromatic carbocycles. The Bertz CT molecular complexity index is 631. The first-order valence-corrected chi connectivity index (χ1v) is 7.33. The van der Waals surface area contributed by atoms with Gasteiger partial charge in [0, 0.05) is 16.6 Å². The summed E-state index contributed by atoms with van der Waals surface area (Å²) in [5.41, 5.74) is 1.83. The molecule has 2 rings (SSSR count). The molecule has 0 fully saturated rings. The first-order chi connectivity index (χ1) is 9.47. The van der Waals surface area contributed by atoms with E-state index in [4.69, 9.17) is 0 Å². The van der Waals surface area contributed by atoms with E-state index in [-0.39, 0.29) is 5.69 Å². The lowest BCUT2D eigenvalue weighted by atomic mass is 10.2. The van der Waals surface area contributed by atoms with Crippen LogP contribution in [0.25, 0.3) is 5.00 Å². The third-order valence-electron chi connectivity index (χ3n) is 3.07. The molecule has 0 amide bonds. The summed E-state index contributed by atoms with van der Waals surface area (Å²) in [7, 11) is 0. The number of aromatic nitrogens is 2. The number of aryl methyl sites for hydroxylation is 2. The molecule has 2 aromatic rings. The van der Waals surface area contributed by atoms with Gasteiger partial charge in [-0.1, -0.05) is 13.8 Å². The van der Waals surface area contributed by atoms with E-state index in [1.54, 1.807) is 11.6 Å². The molecular weight excluding hydrogens is 278 g/mol. The van der Waals surface area contributed by atoms with Crippen LogP contribution in [0, 0.1) is 10.1 Å². The maximum atomic E-state index is 11.2. The lowest BCUT2D eigenvalue weighted by Crippen LogP contribution is -2.02. The topological polar surface area (TPSA) is 81.2 Å². The zero-order valence-electron chi connectivity index (χ0n) is 11.7. The zero-order chi connectivity index (χ0) is 14.9. The molecule has 2 aromatic heterocycles. The van der Waals surface area contributed by atoms with Crippen molar-refractivity contribution in [2.75, 3.05) is 0 Å². The largest absolute Gasteiger partial charge is 0.388 e. The molecule has 0 saturated heterocycles. The molecule has 0 aliphatic rings. The minimum atomic E-state index is -0.723. The Balaban J connectivity index is 2.61. The summed E-state index contributed by atoms with van der Waals surface area (Å²) in [4.78, 5) is 11.3. The molecule has 0 aliphatic carbocycles. The predicted octanol–water partition coefficient (Wildman–Crippen LogP) is 3.02. The molecule has 0 radical (unpaired) electrons. The summed E-state index contributed by atoms with van der Waals surface area (Å²) in [6.45, 7) is 5.58. The molecule has 0 bridgehead atoms. The van der Waals surface area contributed by atoms with Gasteiger partial charge in [-0.15, -0.1) is 11.3 Å². The number of hydrogen-bond acceptors (Lipinski definition) is 5. The van der Waals surface area contributed by atoms with E-state index in [2.05, 4.69) is 5.10 Å². The fraction of sp³-hybridized carbons (Fsp3) is 0.462. The summed E-state index contributed by atoms with van der Waals surface area (Å²) in [5, 5.41) is 25.7. The molecule has 0 spiro atoms. The van der Waals surface area contributed by atoms with Gasteiger partial charge in [-0.3, -0.25) is 10.1 Å². The quantitative estimate of drug-likeness (QED) is 0.679. The smallest absolute Gasteiger partial charge is 0.306 e. The van der Waals surface area contributed by atoms with Gasteiger partial charge in [0.2, 0.25) is 0 Å². The fourth-order valence-electron chi connectivity index (χ4n) is 1.95. The number of thiophene rings is 1. The standard InChI is InChI=1S/C13H17N3O3S/c1-4-9-6-10(5-2)15(14-9)13-11(16(18)19)7-12(20-13)8(3)17/h6-8,17H,4-5H2,1-3H3/t8-/m1/s1. The SMILES string of the molecule is CCc1cc(CC)n(-c2sc([C@@H](C)O)cc2[N+](=O)[O-])n1. The second-order valence-corrected chi connectivity index (χ2v) is 5.58. The van der Waals surface area contributed by atoms with Crippen molar-refractivity contribution in [3.8, 4) is 5.00 Å². The molecular formula is C13H17N3O3S. The van der Waals surface area contributed by atoms with Crippen LogP contribution in [0.5, 0.6) is 0 Å². The Morgan fingerprint density at radius 3 is 2.65 bits per heavy atom. The molecule has 0 aliphatic heterocycles. The van der Waals surface area contributed by atoms with Crippen molar-refractivity contribution < 1.29 is 10.0 Å². The molecule has 1 N–H and O–H groups in total. The number of nitrogens with zero attached hydrogens (tertiary/aromatic N) is 3. The first kappa shape index (κ1) is 14.7. The number of aliphatic hydroxyl groups excluding tert-OH is 1. The summed E-state index contributed by atoms with van der Waals surface area (Å²) < 4.78 is 1.63. The van der Waals surface area contributed by atoms with E-state index in [1.807, 2.05) is 19.9 Å². The average molecular weight is 295 g/mol. The maximum Gasteiger partial charge on any atom is 0.306 e. The van der Waals surface area contributed by atoms with Gasteiger partial charge in [-0.05, 0) is 25.8 Å². The van der Waals surface area contributed by atoms with Gasteiger partial charge >= 0.3 is 5.69 Å². The highest BCUT2D eigenvalue weighted by atomic mass is 32.1. The van der Waals surface area contributed by atoms with Crippen LogP contribution in [0.2, 0.25) is 0 Å².